The molecule has 26 heavy (non-hydrogen) atoms. The number of halogens is 2. The van der Waals surface area contributed by atoms with Crippen LogP contribution in [0.25, 0.3) is 0 Å². The maximum Gasteiger partial charge on any atom is 0.256 e. The molecule has 0 saturated carbocycles. The molecule has 0 radical (unpaired) electrons. The van der Waals surface area contributed by atoms with Crippen LogP contribution in [0.1, 0.15) is 23.2 Å². The molecule has 3 heterocycles. The van der Waals surface area contributed by atoms with E-state index < -0.39 is 17.5 Å². The molecule has 3 saturated heterocycles. The molecule has 0 aliphatic carbocycles. The van der Waals surface area contributed by atoms with Gasteiger partial charge in [0.25, 0.3) is 5.91 Å². The van der Waals surface area contributed by atoms with Crippen molar-refractivity contribution in [3.8, 4) is 0 Å². The van der Waals surface area contributed by atoms with E-state index in [4.69, 9.17) is 0 Å². The summed E-state index contributed by atoms with van der Waals surface area (Å²) in [5.41, 5.74) is -0.115. The van der Waals surface area contributed by atoms with E-state index in [1.807, 2.05) is 4.90 Å². The first-order valence-corrected chi connectivity index (χ1v) is 9.26. The Labute approximate surface area is 151 Å². The SMILES string of the molecule is O=C(c1ccc(F)cc1F)N1CCC(C(=O)N2C[C@H]3CNC[C@H]3C2)CC1. The Hall–Kier alpha value is -2.02. The molecular formula is C19H23F2N3O2. The highest BCUT2D eigenvalue weighted by Crippen LogP contribution is 2.30. The van der Waals surface area contributed by atoms with Gasteiger partial charge in [-0.25, -0.2) is 8.78 Å². The van der Waals surface area contributed by atoms with Gasteiger partial charge in [0, 0.05) is 51.3 Å². The Balaban J connectivity index is 1.34. The van der Waals surface area contributed by atoms with Gasteiger partial charge in [0.2, 0.25) is 5.91 Å². The van der Waals surface area contributed by atoms with Crippen molar-refractivity contribution in [2.75, 3.05) is 39.3 Å². The van der Waals surface area contributed by atoms with E-state index in [-0.39, 0.29) is 17.4 Å². The van der Waals surface area contributed by atoms with Gasteiger partial charge >= 0.3 is 0 Å². The largest absolute Gasteiger partial charge is 0.342 e. The number of nitrogens with zero attached hydrogens (tertiary/aromatic N) is 2. The van der Waals surface area contributed by atoms with Crippen LogP contribution in [-0.4, -0.2) is 60.9 Å². The number of carbonyl (C=O) groups is 2. The zero-order valence-corrected chi connectivity index (χ0v) is 14.6. The second kappa shape index (κ2) is 6.95. The minimum atomic E-state index is -0.842. The lowest BCUT2D eigenvalue weighted by Crippen LogP contribution is -2.44. The molecule has 1 aromatic carbocycles. The molecule has 0 spiro atoms. The maximum absolute atomic E-state index is 13.8. The van der Waals surface area contributed by atoms with E-state index in [1.165, 1.54) is 6.07 Å². The summed E-state index contributed by atoms with van der Waals surface area (Å²) in [7, 11) is 0. The third-order valence-electron chi connectivity index (χ3n) is 5.99. The summed E-state index contributed by atoms with van der Waals surface area (Å²) in [6.07, 6.45) is 1.19. The lowest BCUT2D eigenvalue weighted by Gasteiger charge is -2.33. The first-order chi connectivity index (χ1) is 12.5. The topological polar surface area (TPSA) is 52.7 Å². The minimum absolute atomic E-state index is 0.0658. The monoisotopic (exact) mass is 363 g/mol. The number of piperidine rings is 1. The highest BCUT2D eigenvalue weighted by Gasteiger charge is 2.40. The normalized spacial score (nSPS) is 26.2. The second-order valence-corrected chi connectivity index (χ2v) is 7.61. The first kappa shape index (κ1) is 17.4. The van der Waals surface area contributed by atoms with Gasteiger partial charge in [0.1, 0.15) is 11.6 Å². The standard InChI is InChI=1S/C19H23F2N3O2/c20-15-1-2-16(17(21)7-15)19(26)23-5-3-12(4-6-23)18(25)24-10-13-8-22-9-14(13)11-24/h1-2,7,12-14,22H,3-6,8-11H2/t13-,14+. The molecule has 7 heteroatoms. The van der Waals surface area contributed by atoms with Crippen LogP contribution in [0.4, 0.5) is 8.78 Å². The lowest BCUT2D eigenvalue weighted by atomic mass is 9.94. The zero-order chi connectivity index (χ0) is 18.3. The van der Waals surface area contributed by atoms with E-state index >= 15 is 0 Å². The van der Waals surface area contributed by atoms with Crippen molar-refractivity contribution in [2.45, 2.75) is 12.8 Å². The van der Waals surface area contributed by atoms with Crippen LogP contribution in [0.2, 0.25) is 0 Å². The number of hydrogen-bond acceptors (Lipinski definition) is 3. The summed E-state index contributed by atoms with van der Waals surface area (Å²) >= 11 is 0. The predicted molar refractivity (Wildman–Crippen MR) is 91.4 cm³/mol. The van der Waals surface area contributed by atoms with Crippen molar-refractivity contribution in [3.63, 3.8) is 0 Å². The number of fused-ring (bicyclic) bond motifs is 1. The average molecular weight is 363 g/mol. The summed E-state index contributed by atoms with van der Waals surface area (Å²) in [4.78, 5) is 28.8. The average Bonchev–Trinajstić information content (AvgIpc) is 3.23. The third-order valence-corrected chi connectivity index (χ3v) is 5.99. The number of hydrogen-bond donors (Lipinski definition) is 1. The fourth-order valence-corrected chi connectivity index (χ4v) is 4.46. The van der Waals surface area contributed by atoms with Crippen LogP contribution in [0, 0.1) is 29.4 Å². The first-order valence-electron chi connectivity index (χ1n) is 9.26. The second-order valence-electron chi connectivity index (χ2n) is 7.61. The minimum Gasteiger partial charge on any atom is -0.342 e. The van der Waals surface area contributed by atoms with Crippen molar-refractivity contribution in [1.82, 2.24) is 15.1 Å². The zero-order valence-electron chi connectivity index (χ0n) is 14.6. The molecule has 0 aromatic heterocycles. The molecule has 3 aliphatic heterocycles. The van der Waals surface area contributed by atoms with Crippen LogP contribution < -0.4 is 5.32 Å². The summed E-state index contributed by atoms with van der Waals surface area (Å²) in [5.74, 6) is -0.706. The van der Waals surface area contributed by atoms with Crippen molar-refractivity contribution < 1.29 is 18.4 Å². The van der Waals surface area contributed by atoms with Crippen molar-refractivity contribution in [1.29, 1.82) is 0 Å². The molecular weight excluding hydrogens is 340 g/mol. The number of carbonyl (C=O) groups excluding carboxylic acids is 2. The van der Waals surface area contributed by atoms with Crippen molar-refractivity contribution in [3.05, 3.63) is 35.4 Å². The maximum atomic E-state index is 13.8. The molecule has 1 aromatic rings. The van der Waals surface area contributed by atoms with E-state index in [0.717, 1.165) is 38.3 Å². The summed E-state index contributed by atoms with van der Waals surface area (Å²) in [6, 6.07) is 3.00. The van der Waals surface area contributed by atoms with E-state index in [1.54, 1.807) is 4.90 Å². The van der Waals surface area contributed by atoms with Gasteiger partial charge in [-0.05, 0) is 36.8 Å². The Kier molecular flexibility index (Phi) is 4.65. The fraction of sp³-hybridized carbons (Fsp3) is 0.579. The molecule has 1 N–H and O–H groups in total. The highest BCUT2D eigenvalue weighted by molar-refractivity contribution is 5.94. The Morgan fingerprint density at radius 2 is 1.65 bits per heavy atom. The quantitative estimate of drug-likeness (QED) is 0.866. The molecule has 140 valence electrons. The van der Waals surface area contributed by atoms with Gasteiger partial charge in [0.15, 0.2) is 0 Å². The molecule has 5 nitrogen and oxygen atoms in total. The van der Waals surface area contributed by atoms with Crippen LogP contribution in [-0.2, 0) is 4.79 Å². The Bertz CT molecular complexity index is 707. The highest BCUT2D eigenvalue weighted by atomic mass is 19.1. The third kappa shape index (κ3) is 3.20. The van der Waals surface area contributed by atoms with Crippen molar-refractivity contribution >= 4 is 11.8 Å². The molecule has 3 fully saturated rings. The van der Waals surface area contributed by atoms with Gasteiger partial charge in [-0.3, -0.25) is 9.59 Å². The number of amides is 2. The smallest absolute Gasteiger partial charge is 0.256 e. The summed E-state index contributed by atoms with van der Waals surface area (Å²) in [6.45, 7) is 4.49. The molecule has 0 unspecified atom stereocenters. The summed E-state index contributed by atoms with van der Waals surface area (Å²) in [5, 5.41) is 3.37. The predicted octanol–water partition coefficient (Wildman–Crippen LogP) is 1.49. The Morgan fingerprint density at radius 3 is 2.27 bits per heavy atom. The molecule has 2 amide bonds. The van der Waals surface area contributed by atoms with Crippen LogP contribution >= 0.6 is 0 Å². The van der Waals surface area contributed by atoms with Crippen LogP contribution in [0.3, 0.4) is 0 Å². The number of nitrogens with one attached hydrogen (secondary N) is 1. The van der Waals surface area contributed by atoms with Gasteiger partial charge in [0.05, 0.1) is 5.56 Å². The lowest BCUT2D eigenvalue weighted by molar-refractivity contribution is -0.136. The summed E-state index contributed by atoms with van der Waals surface area (Å²) < 4.78 is 26.8. The Morgan fingerprint density at radius 1 is 1.00 bits per heavy atom. The number of likely N-dealkylation sites (tertiary alicyclic amines) is 2. The number of rotatable bonds is 2. The van der Waals surface area contributed by atoms with Gasteiger partial charge in [-0.15, -0.1) is 0 Å². The van der Waals surface area contributed by atoms with Gasteiger partial charge in [-0.2, -0.15) is 0 Å². The van der Waals surface area contributed by atoms with Gasteiger partial charge < -0.3 is 15.1 Å². The van der Waals surface area contributed by atoms with E-state index in [0.29, 0.717) is 37.8 Å². The number of benzene rings is 1. The van der Waals surface area contributed by atoms with E-state index in [9.17, 15) is 18.4 Å². The fourth-order valence-electron chi connectivity index (χ4n) is 4.46. The molecule has 2 atom stereocenters. The van der Waals surface area contributed by atoms with Crippen LogP contribution in [0.5, 0.6) is 0 Å². The van der Waals surface area contributed by atoms with Crippen molar-refractivity contribution in [2.24, 2.45) is 17.8 Å². The van der Waals surface area contributed by atoms with E-state index in [2.05, 4.69) is 5.32 Å². The molecule has 3 aliphatic rings. The molecule has 0 bridgehead atoms. The van der Waals surface area contributed by atoms with Gasteiger partial charge in [-0.1, -0.05) is 0 Å². The molecule has 4 rings (SSSR count). The van der Waals surface area contributed by atoms with Crippen LogP contribution in [0.15, 0.2) is 18.2 Å².